The molecule has 88 valence electrons. The average Bonchev–Trinajstić information content (AvgIpc) is 2.29. The highest BCUT2D eigenvalue weighted by Gasteiger charge is 2.32. The Labute approximate surface area is 98.7 Å². The molecule has 0 saturated carbocycles. The first kappa shape index (κ1) is 11.5. The van der Waals surface area contributed by atoms with Gasteiger partial charge in [-0.3, -0.25) is 0 Å². The fourth-order valence-electron chi connectivity index (χ4n) is 2.47. The van der Waals surface area contributed by atoms with Crippen molar-refractivity contribution in [2.24, 2.45) is 0 Å². The summed E-state index contributed by atoms with van der Waals surface area (Å²) in [7, 11) is 0. The SMILES string of the molecule is CCC1(C)CNCCN1c1cccc(C)c1. The summed E-state index contributed by atoms with van der Waals surface area (Å²) in [5.74, 6) is 0. The van der Waals surface area contributed by atoms with E-state index in [2.05, 4.69) is 55.3 Å². The van der Waals surface area contributed by atoms with Crippen molar-refractivity contribution in [2.45, 2.75) is 32.7 Å². The number of hydrogen-bond acceptors (Lipinski definition) is 2. The van der Waals surface area contributed by atoms with Crippen LogP contribution in [0.2, 0.25) is 0 Å². The van der Waals surface area contributed by atoms with Crippen molar-refractivity contribution < 1.29 is 0 Å². The molecule has 1 saturated heterocycles. The molecule has 1 unspecified atom stereocenters. The topological polar surface area (TPSA) is 15.3 Å². The van der Waals surface area contributed by atoms with Gasteiger partial charge in [0.25, 0.3) is 0 Å². The fourth-order valence-corrected chi connectivity index (χ4v) is 2.47. The minimum Gasteiger partial charge on any atom is -0.364 e. The van der Waals surface area contributed by atoms with Gasteiger partial charge in [0, 0.05) is 30.9 Å². The minimum absolute atomic E-state index is 0.256. The lowest BCUT2D eigenvalue weighted by Crippen LogP contribution is -2.59. The first-order valence-electron chi connectivity index (χ1n) is 6.21. The van der Waals surface area contributed by atoms with E-state index in [4.69, 9.17) is 0 Å². The summed E-state index contributed by atoms with van der Waals surface area (Å²) in [5.41, 5.74) is 2.96. The third-order valence-corrected chi connectivity index (χ3v) is 3.74. The Morgan fingerprint density at radius 2 is 2.25 bits per heavy atom. The zero-order valence-electron chi connectivity index (χ0n) is 10.6. The fraction of sp³-hybridized carbons (Fsp3) is 0.571. The lowest BCUT2D eigenvalue weighted by atomic mass is 9.93. The molecule has 0 aromatic heterocycles. The van der Waals surface area contributed by atoms with Crippen molar-refractivity contribution in [1.82, 2.24) is 5.32 Å². The summed E-state index contributed by atoms with van der Waals surface area (Å²) in [6, 6.07) is 8.84. The van der Waals surface area contributed by atoms with E-state index >= 15 is 0 Å². The van der Waals surface area contributed by atoms with E-state index in [1.54, 1.807) is 0 Å². The van der Waals surface area contributed by atoms with Gasteiger partial charge in [0.15, 0.2) is 0 Å². The number of nitrogens with one attached hydrogen (secondary N) is 1. The van der Waals surface area contributed by atoms with E-state index in [1.165, 1.54) is 17.7 Å². The van der Waals surface area contributed by atoms with Gasteiger partial charge >= 0.3 is 0 Å². The van der Waals surface area contributed by atoms with E-state index in [0.717, 1.165) is 19.6 Å². The van der Waals surface area contributed by atoms with Gasteiger partial charge < -0.3 is 10.2 Å². The predicted molar refractivity (Wildman–Crippen MR) is 70.1 cm³/mol. The number of aryl methyl sites for hydroxylation is 1. The summed E-state index contributed by atoms with van der Waals surface area (Å²) in [6.45, 7) is 10.1. The van der Waals surface area contributed by atoms with Crippen LogP contribution in [0.1, 0.15) is 25.8 Å². The number of anilines is 1. The zero-order valence-corrected chi connectivity index (χ0v) is 10.6. The second kappa shape index (κ2) is 4.46. The first-order valence-corrected chi connectivity index (χ1v) is 6.21. The smallest absolute Gasteiger partial charge is 0.0496 e. The number of benzene rings is 1. The van der Waals surface area contributed by atoms with Crippen molar-refractivity contribution >= 4 is 5.69 Å². The van der Waals surface area contributed by atoms with E-state index in [1.807, 2.05) is 0 Å². The number of nitrogens with zero attached hydrogens (tertiary/aromatic N) is 1. The molecule has 0 aliphatic carbocycles. The lowest BCUT2D eigenvalue weighted by Gasteiger charge is -2.46. The van der Waals surface area contributed by atoms with Crippen molar-refractivity contribution in [2.75, 3.05) is 24.5 Å². The summed E-state index contributed by atoms with van der Waals surface area (Å²) in [6.07, 6.45) is 1.17. The molecule has 0 amide bonds. The maximum atomic E-state index is 3.50. The Hall–Kier alpha value is -1.02. The Morgan fingerprint density at radius 1 is 1.44 bits per heavy atom. The predicted octanol–water partition coefficient (Wildman–Crippen LogP) is 2.57. The number of hydrogen-bond donors (Lipinski definition) is 1. The minimum atomic E-state index is 0.256. The average molecular weight is 218 g/mol. The van der Waals surface area contributed by atoms with E-state index in [0.29, 0.717) is 0 Å². The van der Waals surface area contributed by atoms with Crippen LogP contribution in [0.3, 0.4) is 0 Å². The molecular formula is C14H22N2. The molecule has 1 aromatic rings. The third-order valence-electron chi connectivity index (χ3n) is 3.74. The molecule has 1 aliphatic rings. The molecule has 0 bridgehead atoms. The van der Waals surface area contributed by atoms with Crippen molar-refractivity contribution in [1.29, 1.82) is 0 Å². The highest BCUT2D eigenvalue weighted by Crippen LogP contribution is 2.28. The molecule has 1 atom stereocenters. The van der Waals surface area contributed by atoms with E-state index in [-0.39, 0.29) is 5.54 Å². The van der Waals surface area contributed by atoms with Crippen LogP contribution in [0.25, 0.3) is 0 Å². The van der Waals surface area contributed by atoms with Gasteiger partial charge in [-0.15, -0.1) is 0 Å². The van der Waals surface area contributed by atoms with Gasteiger partial charge in [-0.05, 0) is 38.0 Å². The second-order valence-electron chi connectivity index (χ2n) is 5.02. The lowest BCUT2D eigenvalue weighted by molar-refractivity contribution is 0.342. The largest absolute Gasteiger partial charge is 0.364 e. The molecular weight excluding hydrogens is 196 g/mol. The van der Waals surface area contributed by atoms with Crippen molar-refractivity contribution in [3.8, 4) is 0 Å². The van der Waals surface area contributed by atoms with Gasteiger partial charge in [-0.25, -0.2) is 0 Å². The Bertz CT molecular complexity index is 362. The van der Waals surface area contributed by atoms with Gasteiger partial charge in [0.05, 0.1) is 0 Å². The molecule has 2 nitrogen and oxygen atoms in total. The Kier molecular flexibility index (Phi) is 3.20. The van der Waals surface area contributed by atoms with Crippen LogP contribution in [0.5, 0.6) is 0 Å². The van der Waals surface area contributed by atoms with Crippen LogP contribution in [-0.4, -0.2) is 25.2 Å². The van der Waals surface area contributed by atoms with Crippen molar-refractivity contribution in [3.05, 3.63) is 29.8 Å². The normalized spacial score (nSPS) is 25.8. The molecule has 0 spiro atoms. The highest BCUT2D eigenvalue weighted by molar-refractivity contribution is 5.51. The third kappa shape index (κ3) is 2.07. The summed E-state index contributed by atoms with van der Waals surface area (Å²) in [4.78, 5) is 2.55. The maximum Gasteiger partial charge on any atom is 0.0496 e. The molecule has 2 heteroatoms. The molecule has 0 radical (unpaired) electrons. The Balaban J connectivity index is 2.30. The monoisotopic (exact) mass is 218 g/mol. The first-order chi connectivity index (χ1) is 7.65. The van der Waals surface area contributed by atoms with Crippen LogP contribution in [-0.2, 0) is 0 Å². The molecule has 1 aliphatic heterocycles. The Morgan fingerprint density at radius 3 is 2.94 bits per heavy atom. The second-order valence-corrected chi connectivity index (χ2v) is 5.02. The molecule has 1 aromatic carbocycles. The highest BCUT2D eigenvalue weighted by atomic mass is 15.3. The molecule has 16 heavy (non-hydrogen) atoms. The van der Waals surface area contributed by atoms with Gasteiger partial charge in [-0.2, -0.15) is 0 Å². The van der Waals surface area contributed by atoms with Crippen LogP contribution >= 0.6 is 0 Å². The number of piperazine rings is 1. The summed E-state index contributed by atoms with van der Waals surface area (Å²) >= 11 is 0. The summed E-state index contributed by atoms with van der Waals surface area (Å²) < 4.78 is 0. The number of rotatable bonds is 2. The van der Waals surface area contributed by atoms with E-state index in [9.17, 15) is 0 Å². The molecule has 1 fully saturated rings. The van der Waals surface area contributed by atoms with Gasteiger partial charge in [0.1, 0.15) is 0 Å². The zero-order chi connectivity index (χ0) is 11.6. The van der Waals surface area contributed by atoms with Crippen LogP contribution in [0, 0.1) is 6.92 Å². The van der Waals surface area contributed by atoms with Gasteiger partial charge in [-0.1, -0.05) is 19.1 Å². The van der Waals surface area contributed by atoms with Gasteiger partial charge in [0.2, 0.25) is 0 Å². The van der Waals surface area contributed by atoms with Crippen LogP contribution < -0.4 is 10.2 Å². The molecule has 1 heterocycles. The quantitative estimate of drug-likeness (QED) is 0.820. The molecule has 1 N–H and O–H groups in total. The maximum absolute atomic E-state index is 3.50. The standard InChI is InChI=1S/C14H22N2/c1-4-14(3)11-15-8-9-16(14)13-7-5-6-12(2)10-13/h5-7,10,15H,4,8-9,11H2,1-3H3. The van der Waals surface area contributed by atoms with Crippen LogP contribution in [0.15, 0.2) is 24.3 Å². The van der Waals surface area contributed by atoms with Crippen LogP contribution in [0.4, 0.5) is 5.69 Å². The molecule has 2 rings (SSSR count). The summed E-state index contributed by atoms with van der Waals surface area (Å²) in [5, 5.41) is 3.50. The van der Waals surface area contributed by atoms with Crippen molar-refractivity contribution in [3.63, 3.8) is 0 Å². The van der Waals surface area contributed by atoms with E-state index < -0.39 is 0 Å².